The van der Waals surface area contributed by atoms with E-state index in [0.29, 0.717) is 23.7 Å². The van der Waals surface area contributed by atoms with E-state index in [0.717, 1.165) is 25.7 Å². The lowest BCUT2D eigenvalue weighted by Crippen LogP contribution is -2.54. The van der Waals surface area contributed by atoms with Gasteiger partial charge in [-0.05, 0) is 37.5 Å². The Morgan fingerprint density at radius 1 is 1.46 bits per heavy atom. The summed E-state index contributed by atoms with van der Waals surface area (Å²) in [5.74, 6) is 0.653. The van der Waals surface area contributed by atoms with Crippen LogP contribution in [0.25, 0.3) is 0 Å². The van der Waals surface area contributed by atoms with E-state index in [1.54, 1.807) is 24.3 Å². The fourth-order valence-corrected chi connectivity index (χ4v) is 4.23. The Morgan fingerprint density at radius 2 is 2.29 bits per heavy atom. The molecule has 2 fully saturated rings. The van der Waals surface area contributed by atoms with Crippen molar-refractivity contribution in [3.05, 3.63) is 29.3 Å². The van der Waals surface area contributed by atoms with Gasteiger partial charge in [0.2, 0.25) is 5.91 Å². The summed E-state index contributed by atoms with van der Waals surface area (Å²) in [6.45, 7) is 0.572. The van der Waals surface area contributed by atoms with Gasteiger partial charge in [-0.2, -0.15) is 0 Å². The molecule has 0 aromatic heterocycles. The van der Waals surface area contributed by atoms with Crippen LogP contribution < -0.4 is 10.1 Å². The van der Waals surface area contributed by atoms with E-state index in [1.165, 1.54) is 0 Å². The van der Waals surface area contributed by atoms with Gasteiger partial charge in [-0.1, -0.05) is 24.1 Å². The number of nitrogens with one attached hydrogen (secondary N) is 1. The zero-order valence-corrected chi connectivity index (χ0v) is 14.6. The number of carbonyl (C=O) groups excluding carboxylic acids is 2. The van der Waals surface area contributed by atoms with Gasteiger partial charge >= 0.3 is 0 Å². The maximum Gasteiger partial charge on any atom is 0.257 e. The molecule has 1 N–H and O–H groups in total. The van der Waals surface area contributed by atoms with Crippen molar-refractivity contribution in [1.29, 1.82) is 0 Å². The molecule has 0 bridgehead atoms. The van der Waals surface area contributed by atoms with Crippen molar-refractivity contribution < 1.29 is 14.3 Å². The van der Waals surface area contributed by atoms with Crippen molar-refractivity contribution in [2.75, 3.05) is 20.2 Å². The van der Waals surface area contributed by atoms with Crippen LogP contribution in [0.4, 0.5) is 0 Å². The first-order valence-corrected chi connectivity index (χ1v) is 8.79. The molecule has 2 aliphatic rings. The molecule has 0 unspecified atom stereocenters. The second kappa shape index (κ2) is 7.01. The summed E-state index contributed by atoms with van der Waals surface area (Å²) in [6.07, 6.45) is 4.62. The van der Waals surface area contributed by atoms with Gasteiger partial charge in [0, 0.05) is 36.5 Å². The first-order chi connectivity index (χ1) is 11.5. The molecule has 5 nitrogen and oxygen atoms in total. The van der Waals surface area contributed by atoms with Gasteiger partial charge in [-0.25, -0.2) is 0 Å². The predicted molar refractivity (Wildman–Crippen MR) is 92.0 cm³/mol. The monoisotopic (exact) mass is 350 g/mol. The summed E-state index contributed by atoms with van der Waals surface area (Å²) in [5.41, 5.74) is 0.0222. The Kier molecular flexibility index (Phi) is 4.99. The second-order valence-corrected chi connectivity index (χ2v) is 7.23. The van der Waals surface area contributed by atoms with E-state index < -0.39 is 0 Å². The molecule has 0 radical (unpaired) electrons. The standard InChI is InChI=1S/C18H23ClN2O3/c1-21-15-6-3-8-18(15,9-7-17(21)23)12-20-16(22)11-24-14-5-2-4-13(19)10-14/h2,4-5,10,15H,3,6-9,11-12H2,1H3,(H,20,22)/t15-,18+/m1/s1. The molecule has 0 spiro atoms. The Hall–Kier alpha value is -1.75. The van der Waals surface area contributed by atoms with Gasteiger partial charge in [0.1, 0.15) is 5.75 Å². The van der Waals surface area contributed by atoms with E-state index in [1.807, 2.05) is 11.9 Å². The van der Waals surface area contributed by atoms with Crippen molar-refractivity contribution in [3.63, 3.8) is 0 Å². The second-order valence-electron chi connectivity index (χ2n) is 6.80. The molecule has 1 aliphatic heterocycles. The minimum Gasteiger partial charge on any atom is -0.484 e. The summed E-state index contributed by atoms with van der Waals surface area (Å²) in [7, 11) is 1.89. The van der Waals surface area contributed by atoms with Crippen molar-refractivity contribution in [2.24, 2.45) is 5.41 Å². The third-order valence-corrected chi connectivity index (χ3v) is 5.60. The van der Waals surface area contributed by atoms with Gasteiger partial charge < -0.3 is 15.0 Å². The van der Waals surface area contributed by atoms with Crippen LogP contribution in [0.2, 0.25) is 5.02 Å². The lowest BCUT2D eigenvalue weighted by atomic mass is 9.74. The largest absolute Gasteiger partial charge is 0.484 e. The average Bonchev–Trinajstić information content (AvgIpc) is 3.00. The number of piperidine rings is 1. The van der Waals surface area contributed by atoms with Crippen LogP contribution in [0.3, 0.4) is 0 Å². The van der Waals surface area contributed by atoms with Crippen LogP contribution in [0.1, 0.15) is 32.1 Å². The number of ether oxygens (including phenoxy) is 1. The number of nitrogens with zero attached hydrogens (tertiary/aromatic N) is 1. The molecule has 3 rings (SSSR count). The number of hydrogen-bond donors (Lipinski definition) is 1. The zero-order chi connectivity index (χ0) is 17.2. The number of fused-ring (bicyclic) bond motifs is 1. The van der Waals surface area contributed by atoms with E-state index in [2.05, 4.69) is 5.32 Å². The molecule has 1 heterocycles. The Morgan fingerprint density at radius 3 is 3.08 bits per heavy atom. The van der Waals surface area contributed by atoms with Crippen molar-refractivity contribution >= 4 is 23.4 Å². The first kappa shape index (κ1) is 17.1. The third kappa shape index (κ3) is 3.51. The minimum absolute atomic E-state index is 0.0222. The van der Waals surface area contributed by atoms with E-state index in [-0.39, 0.29) is 29.9 Å². The number of likely N-dealkylation sites (tertiary alicyclic amines) is 1. The highest BCUT2D eigenvalue weighted by molar-refractivity contribution is 6.30. The van der Waals surface area contributed by atoms with Crippen LogP contribution in [0.5, 0.6) is 5.75 Å². The molecule has 1 aromatic carbocycles. The Balaban J connectivity index is 1.53. The lowest BCUT2D eigenvalue weighted by Gasteiger charge is -2.44. The molecular weight excluding hydrogens is 328 g/mol. The quantitative estimate of drug-likeness (QED) is 0.888. The number of halogens is 1. The van der Waals surface area contributed by atoms with Crippen molar-refractivity contribution in [3.8, 4) is 5.75 Å². The highest BCUT2D eigenvalue weighted by atomic mass is 35.5. The summed E-state index contributed by atoms with van der Waals surface area (Å²) < 4.78 is 5.47. The zero-order valence-electron chi connectivity index (χ0n) is 13.9. The molecule has 2 amide bonds. The predicted octanol–water partition coefficient (Wildman–Crippen LogP) is 2.63. The maximum atomic E-state index is 12.1. The molecule has 1 saturated heterocycles. The summed E-state index contributed by atoms with van der Waals surface area (Å²) in [4.78, 5) is 25.9. The molecule has 2 atom stereocenters. The number of hydrogen-bond acceptors (Lipinski definition) is 3. The average molecular weight is 351 g/mol. The van der Waals surface area contributed by atoms with Gasteiger partial charge in [0.15, 0.2) is 6.61 Å². The van der Waals surface area contributed by atoms with Crippen LogP contribution in [0, 0.1) is 5.41 Å². The minimum atomic E-state index is -0.144. The van der Waals surface area contributed by atoms with Gasteiger partial charge in [0.25, 0.3) is 5.91 Å². The Bertz CT molecular complexity index is 636. The number of benzene rings is 1. The molecule has 1 saturated carbocycles. The molecule has 1 aliphatic carbocycles. The number of carbonyl (C=O) groups is 2. The fourth-order valence-electron chi connectivity index (χ4n) is 4.05. The highest BCUT2D eigenvalue weighted by Gasteiger charge is 2.49. The first-order valence-electron chi connectivity index (χ1n) is 8.41. The maximum absolute atomic E-state index is 12.1. The van der Waals surface area contributed by atoms with Crippen LogP contribution in [0.15, 0.2) is 24.3 Å². The summed E-state index contributed by atoms with van der Waals surface area (Å²) in [6, 6.07) is 7.24. The Labute approximate surface area is 147 Å². The molecule has 24 heavy (non-hydrogen) atoms. The molecular formula is C18H23ClN2O3. The van der Waals surface area contributed by atoms with Crippen LogP contribution in [-0.4, -0.2) is 43.0 Å². The van der Waals surface area contributed by atoms with Gasteiger partial charge in [0.05, 0.1) is 0 Å². The molecule has 130 valence electrons. The molecule has 6 heteroatoms. The smallest absolute Gasteiger partial charge is 0.257 e. The normalized spacial score (nSPS) is 26.2. The topological polar surface area (TPSA) is 58.6 Å². The van der Waals surface area contributed by atoms with Crippen molar-refractivity contribution in [1.82, 2.24) is 10.2 Å². The molecule has 1 aromatic rings. The summed E-state index contributed by atoms with van der Waals surface area (Å²) >= 11 is 5.90. The highest BCUT2D eigenvalue weighted by Crippen LogP contribution is 2.47. The number of amides is 2. The number of rotatable bonds is 5. The lowest BCUT2D eigenvalue weighted by molar-refractivity contribution is -0.139. The van der Waals surface area contributed by atoms with E-state index in [4.69, 9.17) is 16.3 Å². The van der Waals surface area contributed by atoms with Gasteiger partial charge in [-0.3, -0.25) is 9.59 Å². The summed E-state index contributed by atoms with van der Waals surface area (Å²) in [5, 5.41) is 3.58. The SMILES string of the molecule is CN1C(=O)CC[C@]2(CNC(=O)COc3cccc(Cl)c3)CCC[C@@H]12. The van der Waals surface area contributed by atoms with Crippen LogP contribution >= 0.6 is 11.6 Å². The van der Waals surface area contributed by atoms with Crippen LogP contribution in [-0.2, 0) is 9.59 Å². The van der Waals surface area contributed by atoms with Gasteiger partial charge in [-0.15, -0.1) is 0 Å². The van der Waals surface area contributed by atoms with Crippen molar-refractivity contribution in [2.45, 2.75) is 38.1 Å². The van der Waals surface area contributed by atoms with E-state index >= 15 is 0 Å². The third-order valence-electron chi connectivity index (χ3n) is 5.36. The fraction of sp³-hybridized carbons (Fsp3) is 0.556. The van der Waals surface area contributed by atoms with E-state index in [9.17, 15) is 9.59 Å².